The first-order valence-corrected chi connectivity index (χ1v) is 7.75. The molecule has 0 atom stereocenters. The summed E-state index contributed by atoms with van der Waals surface area (Å²) in [5.41, 5.74) is 0. The maximum absolute atomic E-state index is 2.36. The molecule has 0 aromatic heterocycles. The van der Waals surface area contributed by atoms with Crippen molar-refractivity contribution in [3.05, 3.63) is 70.3 Å². The van der Waals surface area contributed by atoms with Crippen LogP contribution >= 0.6 is 0 Å². The molecule has 0 nitrogen and oxygen atoms in total. The van der Waals surface area contributed by atoms with Gasteiger partial charge >= 0.3 is 18.9 Å². The third-order valence-corrected chi connectivity index (χ3v) is 7.02. The zero-order valence-corrected chi connectivity index (χ0v) is 11.5. The zero-order chi connectivity index (χ0) is 10.8. The Morgan fingerprint density at radius 1 is 0.706 bits per heavy atom. The van der Waals surface area contributed by atoms with Gasteiger partial charge in [-0.05, 0) is 19.3 Å². The van der Waals surface area contributed by atoms with Crippen LogP contribution in [0.2, 0.25) is 0 Å². The van der Waals surface area contributed by atoms with Crippen LogP contribution in [0.5, 0.6) is 0 Å². The van der Waals surface area contributed by atoms with E-state index in [4.69, 9.17) is 0 Å². The Morgan fingerprint density at radius 2 is 1.06 bits per heavy atom. The fourth-order valence-electron chi connectivity index (χ4n) is 2.75. The molecule has 17 heavy (non-hydrogen) atoms. The maximum Gasteiger partial charge on any atom is 1.00 e. The van der Waals surface area contributed by atoms with Gasteiger partial charge in [-0.3, -0.25) is 0 Å². The van der Waals surface area contributed by atoms with Crippen LogP contribution in [0.15, 0.2) is 70.3 Å². The average Bonchev–Trinajstić information content (AvgIpc) is 3.02. The van der Waals surface area contributed by atoms with Crippen molar-refractivity contribution in [2.24, 2.45) is 0 Å². The van der Waals surface area contributed by atoms with Gasteiger partial charge in [-0.2, -0.15) is 0 Å². The zero-order valence-electron chi connectivity index (χ0n) is 11.4. The number of hydrogen-bond acceptors (Lipinski definition) is 0. The van der Waals surface area contributed by atoms with E-state index in [1.54, 1.807) is 15.6 Å². The molecule has 0 heterocycles. The van der Waals surface area contributed by atoms with E-state index in [0.717, 1.165) is 0 Å². The van der Waals surface area contributed by atoms with Crippen LogP contribution in [-0.4, -0.2) is 8.80 Å². The van der Waals surface area contributed by atoms with E-state index in [1.807, 2.05) is 0 Å². The molecule has 0 amide bonds. The summed E-state index contributed by atoms with van der Waals surface area (Å²) in [4.78, 5) is 0. The molecule has 0 spiro atoms. The summed E-state index contributed by atoms with van der Waals surface area (Å²) in [5, 5.41) is 5.10. The van der Waals surface area contributed by atoms with Gasteiger partial charge in [-0.1, -0.05) is 70.3 Å². The van der Waals surface area contributed by atoms with Gasteiger partial charge in [0.05, 0.1) is 0 Å². The monoisotopic (exact) mass is 232 g/mol. The Kier molecular flexibility index (Phi) is 4.28. The summed E-state index contributed by atoms with van der Waals surface area (Å²) >= 11 is 0. The Hall–Kier alpha value is -0.746. The molecule has 3 aliphatic rings. The predicted molar refractivity (Wildman–Crippen MR) is 73.8 cm³/mol. The molecule has 0 saturated carbocycles. The van der Waals surface area contributed by atoms with E-state index in [2.05, 4.69) is 54.7 Å². The molecule has 3 rings (SSSR count). The van der Waals surface area contributed by atoms with Crippen molar-refractivity contribution in [2.45, 2.75) is 19.3 Å². The van der Waals surface area contributed by atoms with Crippen molar-refractivity contribution in [3.63, 3.8) is 0 Å². The SMILES string of the molecule is C1=CCC([SiH](C2=CC=CC2)C2=CC=CC2)=C1.[H-].[Li+]. The molecule has 0 aliphatic heterocycles. The summed E-state index contributed by atoms with van der Waals surface area (Å²) in [5.74, 6) is 0. The fourth-order valence-corrected chi connectivity index (χ4v) is 6.20. The largest absolute Gasteiger partial charge is 1.00 e. The average molecular weight is 232 g/mol. The second-order valence-electron chi connectivity index (χ2n) is 4.55. The first-order valence-electron chi connectivity index (χ1n) is 6.02. The van der Waals surface area contributed by atoms with Crippen molar-refractivity contribution < 1.29 is 20.3 Å². The van der Waals surface area contributed by atoms with E-state index >= 15 is 0 Å². The summed E-state index contributed by atoms with van der Waals surface area (Å²) in [7, 11) is -0.995. The first-order chi connectivity index (χ1) is 7.95. The third-order valence-electron chi connectivity index (χ3n) is 3.51. The van der Waals surface area contributed by atoms with Crippen molar-refractivity contribution in [1.29, 1.82) is 0 Å². The summed E-state index contributed by atoms with van der Waals surface area (Å²) < 4.78 is 0. The molecule has 0 aromatic rings. The van der Waals surface area contributed by atoms with Crippen LogP contribution in [0.3, 0.4) is 0 Å². The van der Waals surface area contributed by atoms with Crippen LogP contribution in [0.1, 0.15) is 20.7 Å². The molecular weight excluding hydrogens is 215 g/mol. The number of allylic oxidation sites excluding steroid dienone is 12. The molecule has 0 radical (unpaired) electrons. The van der Waals surface area contributed by atoms with Crippen molar-refractivity contribution in [1.82, 2.24) is 0 Å². The molecule has 0 fully saturated rings. The third kappa shape index (κ3) is 2.58. The Labute approximate surface area is 118 Å². The minimum atomic E-state index is -0.995. The maximum atomic E-state index is 2.36. The van der Waals surface area contributed by atoms with E-state index in [-0.39, 0.29) is 20.3 Å². The van der Waals surface area contributed by atoms with Gasteiger partial charge in [0.1, 0.15) is 8.80 Å². The smallest absolute Gasteiger partial charge is 1.00 e. The van der Waals surface area contributed by atoms with E-state index in [0.29, 0.717) is 0 Å². The van der Waals surface area contributed by atoms with Gasteiger partial charge < -0.3 is 1.43 Å². The fraction of sp³-hybridized carbons (Fsp3) is 0.200. The number of hydrogen-bond donors (Lipinski definition) is 0. The molecular formula is C15H17LiSi. The van der Waals surface area contributed by atoms with Crippen LogP contribution in [0.4, 0.5) is 0 Å². The Balaban J connectivity index is 0.000000810. The van der Waals surface area contributed by atoms with Gasteiger partial charge in [0.15, 0.2) is 0 Å². The van der Waals surface area contributed by atoms with Crippen LogP contribution in [-0.2, 0) is 0 Å². The quantitative estimate of drug-likeness (QED) is 0.625. The molecule has 3 aliphatic carbocycles. The molecule has 2 heteroatoms. The van der Waals surface area contributed by atoms with E-state index < -0.39 is 8.80 Å². The normalized spacial score (nSPS) is 20.6. The van der Waals surface area contributed by atoms with E-state index in [9.17, 15) is 0 Å². The molecule has 0 bridgehead atoms. The molecule has 0 saturated heterocycles. The molecule has 82 valence electrons. The van der Waals surface area contributed by atoms with Crippen LogP contribution < -0.4 is 18.9 Å². The summed E-state index contributed by atoms with van der Waals surface area (Å²) in [6.07, 6.45) is 24.2. The van der Waals surface area contributed by atoms with Crippen molar-refractivity contribution in [3.8, 4) is 0 Å². The second-order valence-corrected chi connectivity index (χ2v) is 7.65. The van der Waals surface area contributed by atoms with Gasteiger partial charge in [0.25, 0.3) is 0 Å². The molecule has 0 N–H and O–H groups in total. The van der Waals surface area contributed by atoms with Crippen molar-refractivity contribution >= 4 is 8.80 Å². The minimum absolute atomic E-state index is 0. The predicted octanol–water partition coefficient (Wildman–Crippen LogP) is 0.606. The first kappa shape index (κ1) is 12.7. The minimum Gasteiger partial charge on any atom is -1.00 e. The number of rotatable bonds is 3. The van der Waals surface area contributed by atoms with Gasteiger partial charge in [-0.15, -0.1) is 0 Å². The summed E-state index contributed by atoms with van der Waals surface area (Å²) in [6.45, 7) is 0. The molecule has 0 aromatic carbocycles. The van der Waals surface area contributed by atoms with Gasteiger partial charge in [-0.25, -0.2) is 0 Å². The topological polar surface area (TPSA) is 0 Å². The summed E-state index contributed by atoms with van der Waals surface area (Å²) in [6, 6.07) is 0. The van der Waals surface area contributed by atoms with Crippen LogP contribution in [0, 0.1) is 0 Å². The van der Waals surface area contributed by atoms with Crippen LogP contribution in [0.25, 0.3) is 0 Å². The van der Waals surface area contributed by atoms with Gasteiger partial charge in [0, 0.05) is 0 Å². The Morgan fingerprint density at radius 3 is 1.29 bits per heavy atom. The van der Waals surface area contributed by atoms with Gasteiger partial charge in [0.2, 0.25) is 0 Å². The Bertz CT molecular complexity index is 409. The molecule has 0 unspecified atom stereocenters. The standard InChI is InChI=1S/C15H16Si.Li.H/c1-2-8-13(7-1)16(14-9-3-4-10-14)15-11-5-6-12-15;;/h1-7,9,11,16H,8,10,12H2;;/q;+1;-1. The second kappa shape index (κ2) is 5.73. The van der Waals surface area contributed by atoms with E-state index in [1.165, 1.54) is 19.3 Å². The van der Waals surface area contributed by atoms with Crippen molar-refractivity contribution in [2.75, 3.05) is 0 Å².